The van der Waals surface area contributed by atoms with Crippen molar-refractivity contribution in [1.82, 2.24) is 0 Å². The Kier molecular flexibility index (Phi) is 8.63. The van der Waals surface area contributed by atoms with Crippen LogP contribution in [-0.4, -0.2) is 0 Å². The lowest BCUT2D eigenvalue weighted by molar-refractivity contribution is 0.420. The van der Waals surface area contributed by atoms with E-state index < -0.39 is 5.41 Å². The largest absolute Gasteiger partial charge is 0.309 e. The van der Waals surface area contributed by atoms with Crippen LogP contribution < -0.4 is 4.90 Å². The summed E-state index contributed by atoms with van der Waals surface area (Å²) in [6.45, 7) is 0. The molecule has 0 spiro atoms. The van der Waals surface area contributed by atoms with Crippen molar-refractivity contribution in [3.63, 3.8) is 0 Å². The average Bonchev–Trinajstić information content (AvgIpc) is 4.06. The van der Waals surface area contributed by atoms with Gasteiger partial charge < -0.3 is 4.90 Å². The maximum atomic E-state index is 2.57. The summed E-state index contributed by atoms with van der Waals surface area (Å²) in [4.78, 5) is 2.57. The number of nitrogens with zero attached hydrogens (tertiary/aromatic N) is 1. The van der Waals surface area contributed by atoms with E-state index in [9.17, 15) is 0 Å². The molecule has 292 valence electrons. The van der Waals surface area contributed by atoms with Crippen molar-refractivity contribution in [2.75, 3.05) is 4.90 Å². The lowest BCUT2D eigenvalue weighted by atomic mass is 9.67. The Labute approximate surface area is 359 Å². The quantitative estimate of drug-likeness (QED) is 0.148. The van der Waals surface area contributed by atoms with E-state index >= 15 is 0 Å². The van der Waals surface area contributed by atoms with Crippen LogP contribution in [-0.2, 0) is 5.41 Å². The molecular weight excluding hydrogens is 735 g/mol. The average molecular weight is 782 g/mol. The van der Waals surface area contributed by atoms with E-state index in [0.717, 1.165) is 17.5 Å². The van der Waals surface area contributed by atoms with Crippen LogP contribution in [0.1, 0.15) is 59.4 Å². The molecule has 61 heavy (non-hydrogen) atoms. The minimum absolute atomic E-state index is 0.518. The molecule has 0 amide bonds. The Morgan fingerprint density at radius 2 is 0.967 bits per heavy atom. The summed E-state index contributed by atoms with van der Waals surface area (Å²) in [5.41, 5.74) is 17.2. The summed E-state index contributed by atoms with van der Waals surface area (Å²) in [6, 6.07) is 81.7. The van der Waals surface area contributed by atoms with Gasteiger partial charge in [-0.3, -0.25) is 0 Å². The zero-order chi connectivity index (χ0) is 40.3. The van der Waals surface area contributed by atoms with Gasteiger partial charge in [-0.25, -0.2) is 0 Å². The van der Waals surface area contributed by atoms with E-state index in [1.165, 1.54) is 109 Å². The predicted molar refractivity (Wildman–Crippen MR) is 255 cm³/mol. The van der Waals surface area contributed by atoms with Crippen LogP contribution in [0.25, 0.3) is 44.2 Å². The highest BCUT2D eigenvalue weighted by Crippen LogP contribution is 2.61. The fourth-order valence-corrected chi connectivity index (χ4v) is 11.8. The topological polar surface area (TPSA) is 3.24 Å². The number of rotatable bonds is 8. The molecule has 0 aromatic heterocycles. The number of benzene rings is 9. The number of hydrogen-bond donors (Lipinski definition) is 0. The Hall–Kier alpha value is -6.96. The number of hydrogen-bond acceptors (Lipinski definition) is 1. The minimum atomic E-state index is -0.518. The second-order valence-electron chi connectivity index (χ2n) is 17.6. The van der Waals surface area contributed by atoms with Gasteiger partial charge in [0.2, 0.25) is 0 Å². The Morgan fingerprint density at radius 3 is 1.59 bits per heavy atom. The first kappa shape index (κ1) is 35.9. The van der Waals surface area contributed by atoms with E-state index in [1.54, 1.807) is 0 Å². The molecule has 1 heteroatoms. The molecule has 2 bridgehead atoms. The van der Waals surface area contributed by atoms with Crippen LogP contribution in [0.15, 0.2) is 218 Å². The molecule has 3 atom stereocenters. The normalized spacial score (nSPS) is 18.2. The van der Waals surface area contributed by atoms with Gasteiger partial charge >= 0.3 is 0 Å². The molecule has 3 aliphatic rings. The van der Waals surface area contributed by atoms with E-state index in [4.69, 9.17) is 0 Å². The molecule has 9 aromatic carbocycles. The summed E-state index contributed by atoms with van der Waals surface area (Å²) in [5, 5.41) is 2.47. The van der Waals surface area contributed by atoms with Gasteiger partial charge in [-0.1, -0.05) is 194 Å². The number of fused-ring (bicyclic) bond motifs is 6. The highest BCUT2D eigenvalue weighted by Gasteiger charge is 2.48. The van der Waals surface area contributed by atoms with Gasteiger partial charge in [-0.05, 0) is 128 Å². The van der Waals surface area contributed by atoms with Crippen molar-refractivity contribution in [2.45, 2.75) is 37.0 Å². The minimum Gasteiger partial charge on any atom is -0.309 e. The van der Waals surface area contributed by atoms with Gasteiger partial charge in [-0.15, -0.1) is 0 Å². The first-order chi connectivity index (χ1) is 30.3. The Balaban J connectivity index is 1.12. The highest BCUT2D eigenvalue weighted by atomic mass is 15.1. The van der Waals surface area contributed by atoms with E-state index in [0.29, 0.717) is 5.92 Å². The molecule has 0 radical (unpaired) electrons. The molecular formula is C60H47N. The molecule has 1 nitrogen and oxygen atoms in total. The zero-order valence-corrected chi connectivity index (χ0v) is 34.3. The first-order valence-electron chi connectivity index (χ1n) is 22.2. The Bertz CT molecular complexity index is 2980. The monoisotopic (exact) mass is 781 g/mol. The number of anilines is 3. The summed E-state index contributed by atoms with van der Waals surface area (Å²) >= 11 is 0. The van der Waals surface area contributed by atoms with Crippen LogP contribution in [0.3, 0.4) is 0 Å². The van der Waals surface area contributed by atoms with E-state index in [-0.39, 0.29) is 0 Å². The maximum Gasteiger partial charge on any atom is 0.0714 e. The standard InChI is InChI=1S/C60H47N/c1-4-16-42(17-5-1)51-23-12-13-24-52(51)43-30-34-49(35-31-43)61(50-36-32-44(33-37-50)55-39-41-28-29-46(55)38-41)59-53-25-11-10-18-45(53)40-57-58(59)54-26-14-15-27-56(54)60(57,47-19-6-2-7-20-47)48-21-8-3-9-22-48/h1-27,30-37,40-41,46,55H,28-29,38-39H2. The third kappa shape index (κ3) is 5.75. The Morgan fingerprint density at radius 1 is 0.426 bits per heavy atom. The summed E-state index contributed by atoms with van der Waals surface area (Å²) < 4.78 is 0. The van der Waals surface area contributed by atoms with Gasteiger partial charge in [0.25, 0.3) is 0 Å². The van der Waals surface area contributed by atoms with Crippen LogP contribution in [0.4, 0.5) is 17.1 Å². The summed E-state index contributed by atoms with van der Waals surface area (Å²) in [7, 11) is 0. The second-order valence-corrected chi connectivity index (χ2v) is 17.6. The predicted octanol–water partition coefficient (Wildman–Crippen LogP) is 15.9. The van der Waals surface area contributed by atoms with Crippen molar-refractivity contribution in [3.05, 3.63) is 246 Å². The summed E-state index contributed by atoms with van der Waals surface area (Å²) in [5.74, 6) is 2.42. The van der Waals surface area contributed by atoms with Gasteiger partial charge in [0.1, 0.15) is 0 Å². The SMILES string of the molecule is c1ccc(-c2ccccc2-c2ccc(N(c3ccc(C4CC5CCC4C5)cc3)c3c4c(cc5ccccc35)C(c3ccccc3)(c3ccccc3)c3ccccc3-4)cc2)cc1. The van der Waals surface area contributed by atoms with E-state index in [2.05, 4.69) is 223 Å². The van der Waals surface area contributed by atoms with Crippen molar-refractivity contribution in [1.29, 1.82) is 0 Å². The van der Waals surface area contributed by atoms with Gasteiger partial charge in [-0.2, -0.15) is 0 Å². The van der Waals surface area contributed by atoms with Gasteiger partial charge in [0.05, 0.1) is 11.1 Å². The van der Waals surface area contributed by atoms with Crippen LogP contribution in [0.5, 0.6) is 0 Å². The third-order valence-electron chi connectivity index (χ3n) is 14.4. The fourth-order valence-electron chi connectivity index (χ4n) is 11.8. The van der Waals surface area contributed by atoms with E-state index in [1.807, 2.05) is 0 Å². The van der Waals surface area contributed by atoms with Gasteiger partial charge in [0, 0.05) is 22.3 Å². The smallest absolute Gasteiger partial charge is 0.0714 e. The maximum absolute atomic E-state index is 2.57. The molecule has 0 N–H and O–H groups in total. The highest BCUT2D eigenvalue weighted by molar-refractivity contribution is 6.10. The van der Waals surface area contributed by atoms with Crippen LogP contribution >= 0.6 is 0 Å². The molecule has 0 heterocycles. The van der Waals surface area contributed by atoms with Crippen molar-refractivity contribution < 1.29 is 0 Å². The van der Waals surface area contributed by atoms with Crippen molar-refractivity contribution >= 4 is 27.8 Å². The molecule has 3 aliphatic carbocycles. The van der Waals surface area contributed by atoms with Gasteiger partial charge in [0.15, 0.2) is 0 Å². The molecule has 3 unspecified atom stereocenters. The molecule has 2 saturated carbocycles. The van der Waals surface area contributed by atoms with Crippen LogP contribution in [0.2, 0.25) is 0 Å². The van der Waals surface area contributed by atoms with Crippen molar-refractivity contribution in [3.8, 4) is 33.4 Å². The lowest BCUT2D eigenvalue weighted by Gasteiger charge is -2.35. The fraction of sp³-hybridized carbons (Fsp3) is 0.133. The zero-order valence-electron chi connectivity index (χ0n) is 34.3. The molecule has 0 aliphatic heterocycles. The van der Waals surface area contributed by atoms with Crippen molar-refractivity contribution in [2.24, 2.45) is 11.8 Å². The van der Waals surface area contributed by atoms with Crippen LogP contribution in [0, 0.1) is 11.8 Å². The molecule has 12 rings (SSSR count). The second kappa shape index (κ2) is 14.6. The molecule has 2 fully saturated rings. The first-order valence-corrected chi connectivity index (χ1v) is 22.2. The molecule has 0 saturated heterocycles. The third-order valence-corrected chi connectivity index (χ3v) is 14.4. The summed E-state index contributed by atoms with van der Waals surface area (Å²) in [6.07, 6.45) is 5.55. The lowest BCUT2D eigenvalue weighted by Crippen LogP contribution is -2.28. The molecule has 9 aromatic rings.